The highest BCUT2D eigenvalue weighted by Gasteiger charge is 2.26. The Morgan fingerprint density at radius 2 is 2.15 bits per heavy atom. The standard InChI is InChI=1S/C14H27N3O3/c1-20-10-4-6-14(19)17-9-3-2-5-12(17)11-16-13(18)7-8-15/h12H,2-11,15H2,1H3,(H,16,18). The highest BCUT2D eigenvalue weighted by Crippen LogP contribution is 2.18. The summed E-state index contributed by atoms with van der Waals surface area (Å²) in [6.45, 7) is 2.30. The molecule has 1 heterocycles. The third-order valence-electron chi connectivity index (χ3n) is 3.59. The van der Waals surface area contributed by atoms with E-state index in [4.69, 9.17) is 10.5 Å². The molecule has 0 aromatic heterocycles. The number of nitrogens with zero attached hydrogens (tertiary/aromatic N) is 1. The lowest BCUT2D eigenvalue weighted by molar-refractivity contribution is -0.135. The molecule has 0 aliphatic carbocycles. The third-order valence-corrected chi connectivity index (χ3v) is 3.59. The molecule has 3 N–H and O–H groups in total. The lowest BCUT2D eigenvalue weighted by Gasteiger charge is -2.36. The number of likely N-dealkylation sites (tertiary alicyclic amines) is 1. The minimum Gasteiger partial charge on any atom is -0.385 e. The molecule has 1 unspecified atom stereocenters. The van der Waals surface area contributed by atoms with Crippen LogP contribution in [0.25, 0.3) is 0 Å². The van der Waals surface area contributed by atoms with Gasteiger partial charge in [0.1, 0.15) is 0 Å². The fraction of sp³-hybridized carbons (Fsp3) is 0.857. The Morgan fingerprint density at radius 1 is 1.35 bits per heavy atom. The van der Waals surface area contributed by atoms with Crippen LogP contribution in [0.4, 0.5) is 0 Å². The van der Waals surface area contributed by atoms with E-state index in [1.165, 1.54) is 0 Å². The van der Waals surface area contributed by atoms with Gasteiger partial charge < -0.3 is 20.7 Å². The first kappa shape index (κ1) is 16.9. The summed E-state index contributed by atoms with van der Waals surface area (Å²) in [6, 6.07) is 0.125. The Morgan fingerprint density at radius 3 is 2.85 bits per heavy atom. The van der Waals surface area contributed by atoms with Gasteiger partial charge in [-0.3, -0.25) is 9.59 Å². The van der Waals surface area contributed by atoms with Gasteiger partial charge in [-0.05, 0) is 25.7 Å². The Kier molecular flexibility index (Phi) is 8.22. The number of carbonyl (C=O) groups is 2. The first-order chi connectivity index (χ1) is 9.69. The van der Waals surface area contributed by atoms with Gasteiger partial charge in [-0.25, -0.2) is 0 Å². The number of rotatable bonds is 8. The van der Waals surface area contributed by atoms with Gasteiger partial charge in [0.25, 0.3) is 0 Å². The molecule has 6 heteroatoms. The zero-order chi connectivity index (χ0) is 14.8. The molecule has 2 amide bonds. The molecule has 1 saturated heterocycles. The Balaban J connectivity index is 2.40. The van der Waals surface area contributed by atoms with Crippen molar-refractivity contribution in [1.29, 1.82) is 0 Å². The maximum absolute atomic E-state index is 12.2. The Labute approximate surface area is 121 Å². The molecule has 1 atom stereocenters. The Hall–Kier alpha value is -1.14. The fourth-order valence-electron chi connectivity index (χ4n) is 2.50. The van der Waals surface area contributed by atoms with Gasteiger partial charge in [-0.1, -0.05) is 0 Å². The number of nitrogens with two attached hydrogens (primary N) is 1. The van der Waals surface area contributed by atoms with Crippen molar-refractivity contribution in [3.05, 3.63) is 0 Å². The molecule has 20 heavy (non-hydrogen) atoms. The van der Waals surface area contributed by atoms with E-state index in [0.717, 1.165) is 32.2 Å². The second-order valence-corrected chi connectivity index (χ2v) is 5.18. The molecular formula is C14H27N3O3. The Bertz CT molecular complexity index is 310. The first-order valence-corrected chi connectivity index (χ1v) is 7.44. The normalized spacial score (nSPS) is 18.9. The maximum atomic E-state index is 12.2. The van der Waals surface area contributed by atoms with Gasteiger partial charge in [-0.2, -0.15) is 0 Å². The fourth-order valence-corrected chi connectivity index (χ4v) is 2.50. The molecule has 116 valence electrons. The summed E-state index contributed by atoms with van der Waals surface area (Å²) >= 11 is 0. The molecule has 0 bridgehead atoms. The summed E-state index contributed by atoms with van der Waals surface area (Å²) in [7, 11) is 1.64. The van der Waals surface area contributed by atoms with E-state index in [1.54, 1.807) is 7.11 Å². The largest absolute Gasteiger partial charge is 0.385 e. The van der Waals surface area contributed by atoms with Crippen molar-refractivity contribution >= 4 is 11.8 Å². The number of amides is 2. The van der Waals surface area contributed by atoms with Crippen LogP contribution < -0.4 is 11.1 Å². The van der Waals surface area contributed by atoms with E-state index >= 15 is 0 Å². The topological polar surface area (TPSA) is 84.7 Å². The van der Waals surface area contributed by atoms with Gasteiger partial charge in [0.2, 0.25) is 11.8 Å². The summed E-state index contributed by atoms with van der Waals surface area (Å²) in [5.74, 6) is 0.129. The third kappa shape index (κ3) is 5.88. The van der Waals surface area contributed by atoms with E-state index < -0.39 is 0 Å². The van der Waals surface area contributed by atoms with Crippen LogP contribution in [-0.2, 0) is 14.3 Å². The van der Waals surface area contributed by atoms with Crippen LogP contribution in [0, 0.1) is 0 Å². The second-order valence-electron chi connectivity index (χ2n) is 5.18. The average molecular weight is 285 g/mol. The molecule has 0 aromatic carbocycles. The lowest BCUT2D eigenvalue weighted by Crippen LogP contribution is -2.49. The average Bonchev–Trinajstić information content (AvgIpc) is 2.46. The van der Waals surface area contributed by atoms with E-state index in [0.29, 0.717) is 32.5 Å². The number of hydrogen-bond donors (Lipinski definition) is 2. The lowest BCUT2D eigenvalue weighted by atomic mass is 10.0. The highest BCUT2D eigenvalue weighted by molar-refractivity contribution is 5.77. The van der Waals surface area contributed by atoms with Gasteiger partial charge in [0, 0.05) is 52.2 Å². The summed E-state index contributed by atoms with van der Waals surface area (Å²) in [6.07, 6.45) is 4.72. The smallest absolute Gasteiger partial charge is 0.222 e. The van der Waals surface area contributed by atoms with Crippen molar-refractivity contribution in [2.24, 2.45) is 5.73 Å². The number of ether oxygens (including phenoxy) is 1. The first-order valence-electron chi connectivity index (χ1n) is 7.44. The van der Waals surface area contributed by atoms with Crippen LogP contribution in [0.2, 0.25) is 0 Å². The molecule has 0 radical (unpaired) electrons. The zero-order valence-corrected chi connectivity index (χ0v) is 12.4. The SMILES string of the molecule is COCCCC(=O)N1CCCCC1CNC(=O)CCN. The van der Waals surface area contributed by atoms with E-state index in [2.05, 4.69) is 5.32 Å². The quantitative estimate of drug-likeness (QED) is 0.627. The molecule has 0 aromatic rings. The minimum atomic E-state index is -0.0372. The van der Waals surface area contributed by atoms with Crippen LogP contribution in [0.5, 0.6) is 0 Å². The van der Waals surface area contributed by atoms with Crippen molar-refractivity contribution in [3.63, 3.8) is 0 Å². The van der Waals surface area contributed by atoms with Crippen LogP contribution in [0.1, 0.15) is 38.5 Å². The number of hydrogen-bond acceptors (Lipinski definition) is 4. The number of methoxy groups -OCH3 is 1. The van der Waals surface area contributed by atoms with Gasteiger partial charge in [-0.15, -0.1) is 0 Å². The molecule has 6 nitrogen and oxygen atoms in total. The van der Waals surface area contributed by atoms with Crippen LogP contribution >= 0.6 is 0 Å². The van der Waals surface area contributed by atoms with Crippen molar-refractivity contribution < 1.29 is 14.3 Å². The second kappa shape index (κ2) is 9.72. The molecular weight excluding hydrogens is 258 g/mol. The van der Waals surface area contributed by atoms with Crippen molar-refractivity contribution in [2.45, 2.75) is 44.6 Å². The molecule has 0 saturated carbocycles. The van der Waals surface area contributed by atoms with Gasteiger partial charge in [0.15, 0.2) is 0 Å². The number of piperidine rings is 1. The predicted octanol–water partition coefficient (Wildman–Crippen LogP) is 0.259. The van der Waals surface area contributed by atoms with Crippen molar-refractivity contribution in [3.8, 4) is 0 Å². The molecule has 1 rings (SSSR count). The van der Waals surface area contributed by atoms with Crippen LogP contribution in [0.15, 0.2) is 0 Å². The number of carbonyl (C=O) groups excluding carboxylic acids is 2. The molecule has 1 fully saturated rings. The molecule has 1 aliphatic heterocycles. The molecule has 0 spiro atoms. The van der Waals surface area contributed by atoms with E-state index in [1.807, 2.05) is 4.90 Å². The van der Waals surface area contributed by atoms with Crippen molar-refractivity contribution in [2.75, 3.05) is 33.4 Å². The van der Waals surface area contributed by atoms with Crippen LogP contribution in [-0.4, -0.2) is 56.1 Å². The van der Waals surface area contributed by atoms with Crippen molar-refractivity contribution in [1.82, 2.24) is 10.2 Å². The van der Waals surface area contributed by atoms with Gasteiger partial charge in [0.05, 0.1) is 0 Å². The number of nitrogens with one attached hydrogen (secondary N) is 1. The zero-order valence-electron chi connectivity index (χ0n) is 12.4. The monoisotopic (exact) mass is 285 g/mol. The molecule has 1 aliphatic rings. The maximum Gasteiger partial charge on any atom is 0.222 e. The van der Waals surface area contributed by atoms with E-state index in [-0.39, 0.29) is 17.9 Å². The van der Waals surface area contributed by atoms with Crippen LogP contribution in [0.3, 0.4) is 0 Å². The summed E-state index contributed by atoms with van der Waals surface area (Å²) < 4.78 is 4.97. The highest BCUT2D eigenvalue weighted by atomic mass is 16.5. The summed E-state index contributed by atoms with van der Waals surface area (Å²) in [5, 5.41) is 2.87. The predicted molar refractivity (Wildman–Crippen MR) is 77.1 cm³/mol. The van der Waals surface area contributed by atoms with E-state index in [9.17, 15) is 9.59 Å². The summed E-state index contributed by atoms with van der Waals surface area (Å²) in [5.41, 5.74) is 5.34. The minimum absolute atomic E-state index is 0.0372. The van der Waals surface area contributed by atoms with Gasteiger partial charge >= 0.3 is 0 Å². The summed E-state index contributed by atoms with van der Waals surface area (Å²) in [4.78, 5) is 25.6.